The zero-order valence-corrected chi connectivity index (χ0v) is 14.7. The Labute approximate surface area is 150 Å². The van der Waals surface area contributed by atoms with Crippen molar-refractivity contribution in [1.29, 1.82) is 0 Å². The largest absolute Gasteiger partial charge is 0.493 e. The van der Waals surface area contributed by atoms with Crippen molar-refractivity contribution < 1.29 is 14.3 Å². The fourth-order valence-corrected chi connectivity index (χ4v) is 2.94. The maximum Gasteiger partial charge on any atom is 0.258 e. The lowest BCUT2D eigenvalue weighted by atomic mass is 10.2. The first kappa shape index (κ1) is 17.0. The van der Waals surface area contributed by atoms with Crippen LogP contribution in [0, 0.1) is 0 Å². The summed E-state index contributed by atoms with van der Waals surface area (Å²) in [4.78, 5) is 11.9. The lowest BCUT2D eigenvalue weighted by Crippen LogP contribution is -2.31. The van der Waals surface area contributed by atoms with Crippen molar-refractivity contribution in [3.8, 4) is 22.8 Å². The maximum atomic E-state index is 11.9. The molecule has 0 aliphatic rings. The molecule has 6 nitrogen and oxygen atoms in total. The lowest BCUT2D eigenvalue weighted by Gasteiger charge is -2.10. The highest BCUT2D eigenvalue weighted by Crippen LogP contribution is 2.25. The van der Waals surface area contributed by atoms with Crippen molar-refractivity contribution in [1.82, 2.24) is 15.1 Å². The molecule has 0 unspecified atom stereocenters. The van der Waals surface area contributed by atoms with Gasteiger partial charge in [-0.05, 0) is 29.6 Å². The number of para-hydroxylation sites is 2. The fraction of sp³-hybridized carbons (Fsp3) is 0.222. The number of nitrogens with one attached hydrogen (secondary N) is 1. The van der Waals surface area contributed by atoms with Crippen LogP contribution < -0.4 is 14.8 Å². The molecule has 0 saturated heterocycles. The number of carbonyl (C=O) groups excluding carboxylic acids is 1. The minimum Gasteiger partial charge on any atom is -0.493 e. The van der Waals surface area contributed by atoms with Gasteiger partial charge >= 0.3 is 0 Å². The van der Waals surface area contributed by atoms with E-state index in [1.165, 1.54) is 0 Å². The summed E-state index contributed by atoms with van der Waals surface area (Å²) < 4.78 is 12.5. The van der Waals surface area contributed by atoms with Crippen molar-refractivity contribution in [2.75, 3.05) is 20.3 Å². The van der Waals surface area contributed by atoms with E-state index in [4.69, 9.17) is 9.47 Å². The van der Waals surface area contributed by atoms with Gasteiger partial charge in [0.2, 0.25) is 0 Å². The molecule has 0 aliphatic heterocycles. The highest BCUT2D eigenvalue weighted by Gasteiger charge is 2.07. The first-order valence-electron chi connectivity index (χ1n) is 7.85. The zero-order valence-electron chi connectivity index (χ0n) is 13.8. The van der Waals surface area contributed by atoms with Crippen LogP contribution >= 0.6 is 11.3 Å². The van der Waals surface area contributed by atoms with E-state index in [0.717, 1.165) is 11.3 Å². The third kappa shape index (κ3) is 4.60. The molecule has 0 saturated carbocycles. The highest BCUT2D eigenvalue weighted by atomic mass is 32.1. The summed E-state index contributed by atoms with van der Waals surface area (Å²) in [5, 5.41) is 11.4. The van der Waals surface area contributed by atoms with Crippen LogP contribution in [0.4, 0.5) is 0 Å². The number of methoxy groups -OCH3 is 1. The zero-order chi connectivity index (χ0) is 17.5. The van der Waals surface area contributed by atoms with Crippen LogP contribution in [0.25, 0.3) is 11.3 Å². The number of benzene rings is 1. The standard InChI is InChI=1S/C18H19N3O3S/c1-23-16-4-2-3-5-17(16)24-12-18(22)19-8-10-21-9-6-15(20-21)14-7-11-25-13-14/h2-7,9,11,13H,8,10,12H2,1H3,(H,19,22). The molecule has 1 aromatic carbocycles. The average molecular weight is 357 g/mol. The molecule has 0 atom stereocenters. The number of aromatic nitrogens is 2. The van der Waals surface area contributed by atoms with E-state index in [1.807, 2.05) is 40.5 Å². The molecule has 2 aromatic heterocycles. The van der Waals surface area contributed by atoms with E-state index >= 15 is 0 Å². The van der Waals surface area contributed by atoms with Gasteiger partial charge < -0.3 is 14.8 Å². The fourth-order valence-electron chi connectivity index (χ4n) is 2.29. The number of carbonyl (C=O) groups is 1. The van der Waals surface area contributed by atoms with Gasteiger partial charge in [0.25, 0.3) is 5.91 Å². The SMILES string of the molecule is COc1ccccc1OCC(=O)NCCn1ccc(-c2ccsc2)n1. The molecule has 25 heavy (non-hydrogen) atoms. The maximum absolute atomic E-state index is 11.9. The Kier molecular flexibility index (Phi) is 5.69. The van der Waals surface area contributed by atoms with Gasteiger partial charge in [0.05, 0.1) is 19.3 Å². The first-order chi connectivity index (χ1) is 12.3. The number of hydrogen-bond donors (Lipinski definition) is 1. The first-order valence-corrected chi connectivity index (χ1v) is 8.79. The Bertz CT molecular complexity index is 815. The predicted molar refractivity (Wildman–Crippen MR) is 97.0 cm³/mol. The summed E-state index contributed by atoms with van der Waals surface area (Å²) in [5.41, 5.74) is 2.05. The van der Waals surface area contributed by atoms with Crippen molar-refractivity contribution in [2.45, 2.75) is 6.54 Å². The normalized spacial score (nSPS) is 10.4. The van der Waals surface area contributed by atoms with Crippen molar-refractivity contribution >= 4 is 17.2 Å². The lowest BCUT2D eigenvalue weighted by molar-refractivity contribution is -0.123. The topological polar surface area (TPSA) is 65.4 Å². The Morgan fingerprint density at radius 2 is 2.08 bits per heavy atom. The molecule has 0 aliphatic carbocycles. The van der Waals surface area contributed by atoms with E-state index in [9.17, 15) is 4.79 Å². The van der Waals surface area contributed by atoms with Crippen LogP contribution in [-0.4, -0.2) is 35.9 Å². The van der Waals surface area contributed by atoms with Crippen LogP contribution in [0.1, 0.15) is 0 Å². The van der Waals surface area contributed by atoms with Gasteiger partial charge in [0.15, 0.2) is 18.1 Å². The molecule has 3 aromatic rings. The van der Waals surface area contributed by atoms with E-state index < -0.39 is 0 Å². The van der Waals surface area contributed by atoms with Crippen LogP contribution in [-0.2, 0) is 11.3 Å². The number of rotatable bonds is 8. The minimum atomic E-state index is -0.184. The van der Waals surface area contributed by atoms with E-state index in [2.05, 4.69) is 15.8 Å². The van der Waals surface area contributed by atoms with Gasteiger partial charge in [0.1, 0.15) is 0 Å². The third-order valence-corrected chi connectivity index (χ3v) is 4.23. The van der Waals surface area contributed by atoms with Crippen LogP contribution in [0.2, 0.25) is 0 Å². The summed E-state index contributed by atoms with van der Waals surface area (Å²) in [7, 11) is 1.57. The Hall–Kier alpha value is -2.80. The van der Waals surface area contributed by atoms with Crippen LogP contribution in [0.3, 0.4) is 0 Å². The number of hydrogen-bond acceptors (Lipinski definition) is 5. The molecule has 130 valence electrons. The van der Waals surface area contributed by atoms with Gasteiger partial charge in [0, 0.05) is 23.7 Å². The third-order valence-electron chi connectivity index (χ3n) is 3.55. The van der Waals surface area contributed by atoms with E-state index in [0.29, 0.717) is 24.6 Å². The molecule has 1 amide bonds. The molecule has 1 N–H and O–H groups in total. The Balaban J connectivity index is 1.42. The second-order valence-corrected chi connectivity index (χ2v) is 6.05. The van der Waals surface area contributed by atoms with Gasteiger partial charge in [-0.3, -0.25) is 9.48 Å². The number of ether oxygens (including phenoxy) is 2. The smallest absolute Gasteiger partial charge is 0.258 e. The Morgan fingerprint density at radius 3 is 2.84 bits per heavy atom. The number of thiophene rings is 1. The molecule has 0 bridgehead atoms. The second-order valence-electron chi connectivity index (χ2n) is 5.27. The molecule has 0 radical (unpaired) electrons. The highest BCUT2D eigenvalue weighted by molar-refractivity contribution is 7.08. The predicted octanol–water partition coefficient (Wildman–Crippen LogP) is 2.82. The van der Waals surface area contributed by atoms with E-state index in [1.54, 1.807) is 30.6 Å². The number of nitrogens with zero attached hydrogens (tertiary/aromatic N) is 2. The number of amides is 1. The molecule has 3 rings (SSSR count). The molecule has 7 heteroatoms. The average Bonchev–Trinajstić information content (AvgIpc) is 3.31. The van der Waals surface area contributed by atoms with Crippen LogP contribution in [0.15, 0.2) is 53.4 Å². The van der Waals surface area contributed by atoms with Gasteiger partial charge in [-0.1, -0.05) is 12.1 Å². The van der Waals surface area contributed by atoms with Crippen LogP contribution in [0.5, 0.6) is 11.5 Å². The van der Waals surface area contributed by atoms with Crippen molar-refractivity contribution in [2.24, 2.45) is 0 Å². The van der Waals surface area contributed by atoms with Crippen molar-refractivity contribution in [3.63, 3.8) is 0 Å². The monoisotopic (exact) mass is 357 g/mol. The summed E-state index contributed by atoms with van der Waals surface area (Å²) in [6.07, 6.45) is 1.91. The minimum absolute atomic E-state index is 0.0559. The molecular formula is C18H19N3O3S. The van der Waals surface area contributed by atoms with E-state index in [-0.39, 0.29) is 12.5 Å². The van der Waals surface area contributed by atoms with Crippen molar-refractivity contribution in [3.05, 3.63) is 53.4 Å². The summed E-state index contributed by atoms with van der Waals surface area (Å²) in [5.74, 6) is 0.969. The summed E-state index contributed by atoms with van der Waals surface area (Å²) in [6, 6.07) is 11.2. The second kappa shape index (κ2) is 8.34. The molecule has 0 spiro atoms. The van der Waals surface area contributed by atoms with Gasteiger partial charge in [-0.25, -0.2) is 0 Å². The molecular weight excluding hydrogens is 338 g/mol. The quantitative estimate of drug-likeness (QED) is 0.673. The van der Waals surface area contributed by atoms with Gasteiger partial charge in [-0.2, -0.15) is 16.4 Å². The molecule has 2 heterocycles. The van der Waals surface area contributed by atoms with Gasteiger partial charge in [-0.15, -0.1) is 0 Å². The summed E-state index contributed by atoms with van der Waals surface area (Å²) in [6.45, 7) is 1.03. The molecule has 0 fully saturated rings. The Morgan fingerprint density at radius 1 is 1.24 bits per heavy atom. The summed E-state index contributed by atoms with van der Waals surface area (Å²) >= 11 is 1.64.